The fourth-order valence-corrected chi connectivity index (χ4v) is 2.45. The summed E-state index contributed by atoms with van der Waals surface area (Å²) in [6.07, 6.45) is 1.65. The molecule has 2 rings (SSSR count). The van der Waals surface area contributed by atoms with Crippen LogP contribution < -0.4 is 5.32 Å². The Morgan fingerprint density at radius 3 is 3.00 bits per heavy atom. The van der Waals surface area contributed by atoms with Crippen molar-refractivity contribution in [3.05, 3.63) is 33.4 Å². The Morgan fingerprint density at radius 2 is 2.33 bits per heavy atom. The van der Waals surface area contributed by atoms with Crippen molar-refractivity contribution in [2.24, 2.45) is 0 Å². The molecule has 0 bridgehead atoms. The van der Waals surface area contributed by atoms with Crippen molar-refractivity contribution in [3.63, 3.8) is 0 Å². The lowest BCUT2D eigenvalue weighted by Gasteiger charge is -2.08. The minimum atomic E-state index is -0.451. The molecule has 1 aliphatic rings. The second-order valence-corrected chi connectivity index (χ2v) is 5.45. The van der Waals surface area contributed by atoms with E-state index >= 15 is 0 Å². The quantitative estimate of drug-likeness (QED) is 0.657. The number of cyclic esters (lactones) is 1. The zero-order valence-electron chi connectivity index (χ0n) is 9.82. The summed E-state index contributed by atoms with van der Waals surface area (Å²) in [5.41, 5.74) is 1.13. The highest BCUT2D eigenvalue weighted by Crippen LogP contribution is 2.10. The van der Waals surface area contributed by atoms with Crippen molar-refractivity contribution in [2.75, 3.05) is 6.61 Å². The number of esters is 1. The number of amides is 1. The third kappa shape index (κ3) is 3.69. The van der Waals surface area contributed by atoms with Crippen LogP contribution in [0, 0.1) is 3.57 Å². The summed E-state index contributed by atoms with van der Waals surface area (Å²) in [6.45, 7) is 0.403. The minimum absolute atomic E-state index is 0.0993. The van der Waals surface area contributed by atoms with Crippen molar-refractivity contribution in [1.29, 1.82) is 0 Å². The molecule has 1 aromatic rings. The second kappa shape index (κ2) is 6.17. The zero-order chi connectivity index (χ0) is 13.0. The van der Waals surface area contributed by atoms with Crippen LogP contribution in [-0.4, -0.2) is 24.5 Å². The largest absolute Gasteiger partial charge is 0.464 e. The van der Waals surface area contributed by atoms with E-state index < -0.39 is 6.04 Å². The summed E-state index contributed by atoms with van der Waals surface area (Å²) in [4.78, 5) is 22.9. The minimum Gasteiger partial charge on any atom is -0.464 e. The van der Waals surface area contributed by atoms with Gasteiger partial charge >= 0.3 is 5.97 Å². The van der Waals surface area contributed by atoms with Crippen molar-refractivity contribution in [3.8, 4) is 0 Å². The zero-order valence-corrected chi connectivity index (χ0v) is 12.0. The lowest BCUT2D eigenvalue weighted by molar-refractivity contribution is -0.141. The molecule has 96 valence electrons. The molecular weight excluding hydrogens is 345 g/mol. The van der Waals surface area contributed by atoms with Crippen LogP contribution in [-0.2, 0) is 20.7 Å². The monoisotopic (exact) mass is 359 g/mol. The Balaban J connectivity index is 1.79. The van der Waals surface area contributed by atoms with Crippen LogP contribution in [0.25, 0.3) is 0 Å². The summed E-state index contributed by atoms with van der Waals surface area (Å²) in [6, 6.07) is 7.59. The Labute approximate surface area is 119 Å². The lowest BCUT2D eigenvalue weighted by Crippen LogP contribution is -2.37. The van der Waals surface area contributed by atoms with E-state index in [4.69, 9.17) is 4.74 Å². The van der Waals surface area contributed by atoms with E-state index in [0.29, 0.717) is 25.9 Å². The molecule has 0 aromatic heterocycles. The maximum Gasteiger partial charge on any atom is 0.328 e. The molecule has 1 saturated heterocycles. The first-order valence-corrected chi connectivity index (χ1v) is 6.93. The van der Waals surface area contributed by atoms with Crippen LogP contribution >= 0.6 is 22.6 Å². The van der Waals surface area contributed by atoms with Crippen molar-refractivity contribution in [1.82, 2.24) is 5.32 Å². The molecule has 18 heavy (non-hydrogen) atoms. The van der Waals surface area contributed by atoms with Crippen LogP contribution in [0.5, 0.6) is 0 Å². The first-order chi connectivity index (χ1) is 8.65. The molecule has 1 fully saturated rings. The molecule has 0 saturated carbocycles. The maximum absolute atomic E-state index is 11.7. The maximum atomic E-state index is 11.7. The molecule has 1 amide bonds. The van der Waals surface area contributed by atoms with Gasteiger partial charge in [-0.1, -0.05) is 12.1 Å². The summed E-state index contributed by atoms with van der Waals surface area (Å²) >= 11 is 2.24. The van der Waals surface area contributed by atoms with Gasteiger partial charge in [-0.15, -0.1) is 0 Å². The van der Waals surface area contributed by atoms with E-state index in [2.05, 4.69) is 34.0 Å². The van der Waals surface area contributed by atoms with E-state index in [1.807, 2.05) is 18.2 Å². The van der Waals surface area contributed by atoms with E-state index in [-0.39, 0.29) is 11.9 Å². The molecule has 5 heteroatoms. The highest BCUT2D eigenvalue weighted by atomic mass is 127. The number of aryl methyl sites for hydroxylation is 1. The number of benzene rings is 1. The van der Waals surface area contributed by atoms with E-state index in [0.717, 1.165) is 9.13 Å². The molecule has 0 unspecified atom stereocenters. The van der Waals surface area contributed by atoms with E-state index in [9.17, 15) is 9.59 Å². The molecular formula is C13H14INO3. The number of hydrogen-bond donors (Lipinski definition) is 1. The smallest absolute Gasteiger partial charge is 0.328 e. The van der Waals surface area contributed by atoms with Gasteiger partial charge in [0.25, 0.3) is 0 Å². The van der Waals surface area contributed by atoms with E-state index in [1.54, 1.807) is 0 Å². The van der Waals surface area contributed by atoms with Crippen LogP contribution in [0.15, 0.2) is 24.3 Å². The summed E-state index contributed by atoms with van der Waals surface area (Å²) < 4.78 is 5.95. The molecule has 0 spiro atoms. The van der Waals surface area contributed by atoms with Crippen molar-refractivity contribution >= 4 is 34.5 Å². The standard InChI is InChI=1S/C13H14INO3/c14-10-3-1-2-9(8-10)4-5-12(16)15-11-6-7-18-13(11)17/h1-3,8,11H,4-7H2,(H,15,16)/t11-/m0/s1. The molecule has 0 aliphatic carbocycles. The number of rotatable bonds is 4. The number of nitrogens with one attached hydrogen (secondary N) is 1. The Hall–Kier alpha value is -1.11. The first-order valence-electron chi connectivity index (χ1n) is 5.85. The SMILES string of the molecule is O=C(CCc1cccc(I)c1)N[C@H]1CCOC1=O. The van der Waals surface area contributed by atoms with Gasteiger partial charge in [0.2, 0.25) is 5.91 Å². The van der Waals surface area contributed by atoms with Gasteiger partial charge in [0.1, 0.15) is 6.04 Å². The van der Waals surface area contributed by atoms with E-state index in [1.165, 1.54) is 0 Å². The third-order valence-corrected chi connectivity index (χ3v) is 3.47. The number of hydrogen-bond acceptors (Lipinski definition) is 3. The number of carbonyl (C=O) groups is 2. The van der Waals surface area contributed by atoms with Gasteiger partial charge in [-0.25, -0.2) is 4.79 Å². The Bertz CT molecular complexity index is 461. The van der Waals surface area contributed by atoms with Gasteiger partial charge in [-0.2, -0.15) is 0 Å². The van der Waals surface area contributed by atoms with Gasteiger partial charge in [-0.05, 0) is 46.7 Å². The predicted octanol–water partition coefficient (Wildman–Crippen LogP) is 1.66. The average molecular weight is 359 g/mol. The van der Waals surface area contributed by atoms with Gasteiger partial charge in [0.15, 0.2) is 0 Å². The second-order valence-electron chi connectivity index (χ2n) is 4.21. The van der Waals surface area contributed by atoms with Crippen LogP contribution in [0.4, 0.5) is 0 Å². The van der Waals surface area contributed by atoms with Crippen LogP contribution in [0.3, 0.4) is 0 Å². The fraction of sp³-hybridized carbons (Fsp3) is 0.385. The average Bonchev–Trinajstić information content (AvgIpc) is 2.73. The highest BCUT2D eigenvalue weighted by molar-refractivity contribution is 14.1. The molecule has 1 aromatic carbocycles. The number of ether oxygens (including phenoxy) is 1. The molecule has 4 nitrogen and oxygen atoms in total. The normalized spacial score (nSPS) is 18.5. The van der Waals surface area contributed by atoms with Gasteiger partial charge in [0.05, 0.1) is 6.61 Å². The molecule has 1 aliphatic heterocycles. The van der Waals surface area contributed by atoms with Gasteiger partial charge in [-0.3, -0.25) is 4.79 Å². The van der Waals surface area contributed by atoms with Crippen LogP contribution in [0.2, 0.25) is 0 Å². The van der Waals surface area contributed by atoms with Gasteiger partial charge < -0.3 is 10.1 Å². The van der Waals surface area contributed by atoms with Crippen molar-refractivity contribution < 1.29 is 14.3 Å². The summed E-state index contributed by atoms with van der Waals surface area (Å²) in [7, 11) is 0. The Morgan fingerprint density at radius 1 is 1.50 bits per heavy atom. The molecule has 0 radical (unpaired) electrons. The first kappa shape index (κ1) is 13.3. The van der Waals surface area contributed by atoms with Gasteiger partial charge in [0, 0.05) is 16.4 Å². The summed E-state index contributed by atoms with van der Waals surface area (Å²) in [5.74, 6) is -0.421. The third-order valence-electron chi connectivity index (χ3n) is 2.80. The molecule has 1 N–H and O–H groups in total. The Kier molecular flexibility index (Phi) is 4.57. The topological polar surface area (TPSA) is 55.4 Å². The molecule has 1 heterocycles. The predicted molar refractivity (Wildman–Crippen MR) is 75.0 cm³/mol. The number of halogens is 1. The van der Waals surface area contributed by atoms with Crippen LogP contribution in [0.1, 0.15) is 18.4 Å². The lowest BCUT2D eigenvalue weighted by atomic mass is 10.1. The summed E-state index contributed by atoms with van der Waals surface area (Å²) in [5, 5.41) is 2.70. The van der Waals surface area contributed by atoms with Crippen molar-refractivity contribution in [2.45, 2.75) is 25.3 Å². The molecule has 1 atom stereocenters. The fourth-order valence-electron chi connectivity index (χ4n) is 1.84. The number of carbonyl (C=O) groups excluding carboxylic acids is 2. The highest BCUT2D eigenvalue weighted by Gasteiger charge is 2.27.